The summed E-state index contributed by atoms with van der Waals surface area (Å²) in [6, 6.07) is 46.5. The number of hydrogen-bond donors (Lipinski definition) is 0. The van der Waals surface area contributed by atoms with Crippen LogP contribution >= 0.6 is 0 Å². The van der Waals surface area contributed by atoms with Crippen molar-refractivity contribution in [3.05, 3.63) is 265 Å². The molecule has 9 aromatic rings. The minimum atomic E-state index is 0.544. The SMILES string of the molecule is C=C/C=C\C=C\c1cc(-c2nc(C/C=C\C=C/C)nc(-c3cc(C/C=C\C=C/C)cc(C4=CC=CCC4)c3)n2)cc(-c2ccccc2)c1-n1c2ccccc2c2cc(-n3c(C)c(/C=C\C)c4ccccc43)ccc21. The van der Waals surface area contributed by atoms with Gasteiger partial charge < -0.3 is 9.13 Å². The van der Waals surface area contributed by atoms with E-state index in [0.717, 1.165) is 69.5 Å². The first-order valence-corrected chi connectivity index (χ1v) is 25.7. The zero-order chi connectivity index (χ0) is 50.8. The molecule has 0 N–H and O–H groups in total. The Kier molecular flexibility index (Phi) is 14.9. The van der Waals surface area contributed by atoms with Gasteiger partial charge in [-0.3, -0.25) is 0 Å². The number of rotatable bonds is 16. The maximum Gasteiger partial charge on any atom is 0.163 e. The van der Waals surface area contributed by atoms with Crippen molar-refractivity contribution in [2.75, 3.05) is 0 Å². The van der Waals surface area contributed by atoms with E-state index >= 15 is 0 Å². The summed E-state index contributed by atoms with van der Waals surface area (Å²) in [5.41, 5.74) is 16.7. The first-order chi connectivity index (χ1) is 36.5. The van der Waals surface area contributed by atoms with Crippen molar-refractivity contribution in [2.24, 2.45) is 0 Å². The topological polar surface area (TPSA) is 48.5 Å². The lowest BCUT2D eigenvalue weighted by Crippen LogP contribution is -2.05. The number of hydrogen-bond acceptors (Lipinski definition) is 3. The number of para-hydroxylation sites is 2. The fourth-order valence-corrected chi connectivity index (χ4v) is 10.2. The van der Waals surface area contributed by atoms with Crippen LogP contribution in [0.2, 0.25) is 0 Å². The summed E-state index contributed by atoms with van der Waals surface area (Å²) in [4.78, 5) is 15.9. The summed E-state index contributed by atoms with van der Waals surface area (Å²) >= 11 is 0. The van der Waals surface area contributed by atoms with E-state index in [9.17, 15) is 0 Å². The second-order valence-corrected chi connectivity index (χ2v) is 18.5. The molecule has 0 unspecified atom stereocenters. The number of allylic oxidation sites excluding steroid dienone is 17. The molecule has 5 heteroatoms. The lowest BCUT2D eigenvalue weighted by atomic mass is 9.93. The lowest BCUT2D eigenvalue weighted by molar-refractivity contribution is 0.946. The molecule has 5 nitrogen and oxygen atoms in total. The van der Waals surface area contributed by atoms with E-state index in [1.807, 2.05) is 38.2 Å². The molecule has 6 aromatic carbocycles. The van der Waals surface area contributed by atoms with Crippen LogP contribution in [0.3, 0.4) is 0 Å². The molecule has 0 fully saturated rings. The van der Waals surface area contributed by atoms with E-state index in [1.54, 1.807) is 6.08 Å². The quantitative estimate of drug-likeness (QED) is 0.0907. The van der Waals surface area contributed by atoms with Crippen LogP contribution in [0, 0.1) is 6.92 Å². The van der Waals surface area contributed by atoms with Gasteiger partial charge >= 0.3 is 0 Å². The van der Waals surface area contributed by atoms with Crippen molar-refractivity contribution < 1.29 is 0 Å². The second kappa shape index (κ2) is 22.7. The lowest BCUT2D eigenvalue weighted by Gasteiger charge is -2.20. The zero-order valence-electron chi connectivity index (χ0n) is 42.8. The average molecular weight is 960 g/mol. The summed E-state index contributed by atoms with van der Waals surface area (Å²) in [7, 11) is 0. The van der Waals surface area contributed by atoms with Crippen molar-refractivity contribution >= 4 is 50.4 Å². The summed E-state index contributed by atoms with van der Waals surface area (Å²) in [6.07, 6.45) is 41.1. The third-order valence-corrected chi connectivity index (χ3v) is 13.6. The summed E-state index contributed by atoms with van der Waals surface area (Å²) in [5, 5.41) is 3.58. The highest BCUT2D eigenvalue weighted by Gasteiger charge is 2.23. The first kappa shape index (κ1) is 48.7. The van der Waals surface area contributed by atoms with Gasteiger partial charge in [-0.15, -0.1) is 0 Å². The van der Waals surface area contributed by atoms with Gasteiger partial charge in [0, 0.05) is 56.2 Å². The number of aromatic nitrogens is 5. The maximum atomic E-state index is 5.43. The van der Waals surface area contributed by atoms with Gasteiger partial charge in [0.25, 0.3) is 0 Å². The van der Waals surface area contributed by atoms with Crippen LogP contribution in [0.25, 0.3) is 95.7 Å². The van der Waals surface area contributed by atoms with Crippen molar-refractivity contribution in [3.63, 3.8) is 0 Å². The maximum absolute atomic E-state index is 5.43. The third-order valence-electron chi connectivity index (χ3n) is 13.6. The molecule has 10 rings (SSSR count). The van der Waals surface area contributed by atoms with Crippen LogP contribution in [-0.4, -0.2) is 24.1 Å². The Morgan fingerprint density at radius 3 is 1.97 bits per heavy atom. The van der Waals surface area contributed by atoms with Crippen molar-refractivity contribution in [3.8, 4) is 45.3 Å². The molecule has 0 saturated heterocycles. The smallest absolute Gasteiger partial charge is 0.163 e. The van der Waals surface area contributed by atoms with Gasteiger partial charge in [-0.1, -0.05) is 189 Å². The molecule has 0 amide bonds. The Balaban J connectivity index is 1.22. The van der Waals surface area contributed by atoms with Crippen LogP contribution in [0.1, 0.15) is 67.4 Å². The largest absolute Gasteiger partial charge is 0.313 e. The second-order valence-electron chi connectivity index (χ2n) is 18.5. The number of nitrogens with zero attached hydrogens (tertiary/aromatic N) is 5. The predicted molar refractivity (Wildman–Crippen MR) is 317 cm³/mol. The molecule has 3 aromatic heterocycles. The fourth-order valence-electron chi connectivity index (χ4n) is 10.2. The molecule has 0 spiro atoms. The minimum Gasteiger partial charge on any atom is -0.313 e. The number of benzene rings is 6. The Morgan fingerprint density at radius 2 is 1.24 bits per heavy atom. The Bertz CT molecular complexity index is 3840. The molecular weight excluding hydrogens is 899 g/mol. The van der Waals surface area contributed by atoms with Gasteiger partial charge in [-0.2, -0.15) is 0 Å². The van der Waals surface area contributed by atoms with Crippen LogP contribution in [-0.2, 0) is 12.8 Å². The molecule has 1 aliphatic rings. The fraction of sp³-hybridized carbons (Fsp3) is 0.116. The van der Waals surface area contributed by atoms with E-state index in [2.05, 4.69) is 236 Å². The normalized spacial score (nSPS) is 13.4. The van der Waals surface area contributed by atoms with Gasteiger partial charge in [-0.05, 0) is 129 Å². The van der Waals surface area contributed by atoms with Crippen LogP contribution < -0.4 is 0 Å². The van der Waals surface area contributed by atoms with Crippen molar-refractivity contribution in [1.82, 2.24) is 24.1 Å². The Hall–Kier alpha value is -8.93. The van der Waals surface area contributed by atoms with Crippen LogP contribution in [0.4, 0.5) is 0 Å². The molecule has 0 saturated carbocycles. The highest BCUT2D eigenvalue weighted by atomic mass is 15.0. The zero-order valence-corrected chi connectivity index (χ0v) is 42.8. The van der Waals surface area contributed by atoms with Gasteiger partial charge in [0.05, 0.1) is 22.2 Å². The van der Waals surface area contributed by atoms with Gasteiger partial charge in [0.15, 0.2) is 11.6 Å². The third kappa shape index (κ3) is 10.1. The highest BCUT2D eigenvalue weighted by Crippen LogP contribution is 2.42. The van der Waals surface area contributed by atoms with Gasteiger partial charge in [0.1, 0.15) is 5.82 Å². The molecule has 0 radical (unpaired) electrons. The van der Waals surface area contributed by atoms with Crippen molar-refractivity contribution in [2.45, 2.75) is 53.4 Å². The summed E-state index contributed by atoms with van der Waals surface area (Å²) in [6.45, 7) is 12.3. The molecule has 1 aliphatic carbocycles. The molecule has 0 atom stereocenters. The van der Waals surface area contributed by atoms with Crippen LogP contribution in [0.15, 0.2) is 231 Å². The van der Waals surface area contributed by atoms with Crippen molar-refractivity contribution in [1.29, 1.82) is 0 Å². The van der Waals surface area contributed by atoms with E-state index in [1.165, 1.54) is 49.6 Å². The monoisotopic (exact) mass is 959 g/mol. The minimum absolute atomic E-state index is 0.544. The predicted octanol–water partition coefficient (Wildman–Crippen LogP) is 18.1. The van der Waals surface area contributed by atoms with E-state index < -0.39 is 0 Å². The highest BCUT2D eigenvalue weighted by molar-refractivity contribution is 6.11. The van der Waals surface area contributed by atoms with Gasteiger partial charge in [0.2, 0.25) is 0 Å². The summed E-state index contributed by atoms with van der Waals surface area (Å²) < 4.78 is 4.85. The van der Waals surface area contributed by atoms with E-state index in [4.69, 9.17) is 15.0 Å². The van der Waals surface area contributed by atoms with E-state index in [0.29, 0.717) is 23.9 Å². The molecule has 0 aliphatic heterocycles. The Labute approximate surface area is 436 Å². The molecular formula is C69H61N5. The summed E-state index contributed by atoms with van der Waals surface area (Å²) in [5.74, 6) is 1.96. The standard InChI is InChI=1S/C69H61N5/c1-6-10-13-18-30-50-43-54(51-31-20-16-21-32-51)46-55(44-50)68-70-66(40-24-15-12-8-3)71-69(72-68)56-45-53(35-19-14-11-7-2)67(61(47-56)52-33-22-17-23-34-52)74-64-39-28-26-37-60(64)62-48-57(41-42-65(62)74)73-49(5)58(29-9-4)59-36-25-27-38-63(59)73/h6-20,22-29,31,33-39,41-48H,2,21,30,32,40H2,1,3-5H3/b10-6-,12-8-,14-11-,18-13-,24-15-,29-9-,35-19+. The molecule has 0 bridgehead atoms. The molecule has 3 heterocycles. The van der Waals surface area contributed by atoms with Crippen LogP contribution in [0.5, 0.6) is 0 Å². The molecule has 362 valence electrons. The van der Waals surface area contributed by atoms with Gasteiger partial charge in [-0.25, -0.2) is 15.0 Å². The number of fused-ring (bicyclic) bond motifs is 4. The Morgan fingerprint density at radius 1 is 0.554 bits per heavy atom. The first-order valence-electron chi connectivity index (χ1n) is 25.7. The average Bonchev–Trinajstić information content (AvgIpc) is 3.95. The van der Waals surface area contributed by atoms with E-state index in [-0.39, 0.29) is 0 Å². The molecule has 74 heavy (non-hydrogen) atoms.